The second-order valence-electron chi connectivity index (χ2n) is 6.69. The van der Waals surface area contributed by atoms with Gasteiger partial charge in [-0.1, -0.05) is 11.6 Å². The van der Waals surface area contributed by atoms with Gasteiger partial charge in [0.25, 0.3) is 0 Å². The number of piperidine rings is 1. The Hall–Kier alpha value is -2.74. The van der Waals surface area contributed by atoms with Crippen molar-refractivity contribution >= 4 is 40.5 Å². The van der Waals surface area contributed by atoms with Crippen LogP contribution in [-0.2, 0) is 15.8 Å². The Morgan fingerprint density at radius 3 is 2.14 bits per heavy atom. The van der Waals surface area contributed by atoms with E-state index in [-0.39, 0.29) is 5.02 Å². The molecular formula is C20H19ClF3N3O2. The lowest BCUT2D eigenvalue weighted by molar-refractivity contribution is -0.137. The van der Waals surface area contributed by atoms with Crippen molar-refractivity contribution in [3.8, 4) is 0 Å². The lowest BCUT2D eigenvalue weighted by Crippen LogP contribution is -2.30. The quantitative estimate of drug-likeness (QED) is 0.686. The van der Waals surface area contributed by atoms with E-state index in [2.05, 4.69) is 10.2 Å². The first-order valence-electron chi connectivity index (χ1n) is 9.08. The molecular weight excluding hydrogens is 407 g/mol. The molecule has 0 aromatic heterocycles. The molecule has 0 unspecified atom stereocenters. The van der Waals surface area contributed by atoms with E-state index in [4.69, 9.17) is 11.6 Å². The van der Waals surface area contributed by atoms with Crippen molar-refractivity contribution in [2.45, 2.75) is 25.4 Å². The van der Waals surface area contributed by atoms with E-state index >= 15 is 0 Å². The number of amides is 2. The molecule has 1 saturated heterocycles. The fourth-order valence-corrected chi connectivity index (χ4v) is 3.31. The van der Waals surface area contributed by atoms with Crippen LogP contribution in [0.2, 0.25) is 5.02 Å². The molecule has 154 valence electrons. The van der Waals surface area contributed by atoms with Crippen LogP contribution >= 0.6 is 11.6 Å². The number of carbonyl (C=O) groups is 2. The zero-order valence-electron chi connectivity index (χ0n) is 15.4. The number of anilines is 3. The number of benzene rings is 2. The van der Waals surface area contributed by atoms with Gasteiger partial charge in [-0.3, -0.25) is 9.59 Å². The van der Waals surface area contributed by atoms with Crippen molar-refractivity contribution < 1.29 is 22.8 Å². The van der Waals surface area contributed by atoms with Crippen molar-refractivity contribution in [1.82, 2.24) is 0 Å². The Morgan fingerprint density at radius 2 is 1.52 bits per heavy atom. The van der Waals surface area contributed by atoms with Gasteiger partial charge < -0.3 is 15.5 Å². The van der Waals surface area contributed by atoms with E-state index in [1.807, 2.05) is 17.4 Å². The van der Waals surface area contributed by atoms with Gasteiger partial charge in [0.05, 0.1) is 11.3 Å². The molecule has 3 rings (SSSR count). The molecule has 2 amide bonds. The first-order chi connectivity index (χ1) is 13.7. The molecule has 2 aromatic rings. The summed E-state index contributed by atoms with van der Waals surface area (Å²) < 4.78 is 39.3. The van der Waals surface area contributed by atoms with E-state index < -0.39 is 29.2 Å². The summed E-state index contributed by atoms with van der Waals surface area (Å²) >= 11 is 5.60. The average Bonchev–Trinajstić information content (AvgIpc) is 2.69. The first kappa shape index (κ1) is 21.0. The van der Waals surface area contributed by atoms with Gasteiger partial charge in [-0.05, 0) is 61.7 Å². The fourth-order valence-electron chi connectivity index (χ4n) is 3.13. The number of hydrogen-bond donors (Lipinski definition) is 2. The van der Waals surface area contributed by atoms with E-state index in [1.54, 1.807) is 12.1 Å². The topological polar surface area (TPSA) is 61.4 Å². The Labute approximate surface area is 170 Å². The molecule has 1 heterocycles. The molecule has 0 radical (unpaired) electrons. The molecule has 9 heteroatoms. The molecule has 1 aliphatic rings. The summed E-state index contributed by atoms with van der Waals surface area (Å²) in [4.78, 5) is 26.4. The van der Waals surface area contributed by atoms with E-state index in [1.165, 1.54) is 12.5 Å². The highest BCUT2D eigenvalue weighted by Gasteiger charge is 2.34. The van der Waals surface area contributed by atoms with E-state index in [0.717, 1.165) is 37.7 Å². The van der Waals surface area contributed by atoms with Crippen LogP contribution in [0.1, 0.15) is 24.8 Å². The summed E-state index contributed by atoms with van der Waals surface area (Å²) in [5.74, 6) is -2.28. The highest BCUT2D eigenvalue weighted by molar-refractivity contribution is 6.43. The van der Waals surface area contributed by atoms with Crippen molar-refractivity contribution in [3.05, 3.63) is 53.1 Å². The molecule has 0 aliphatic carbocycles. The lowest BCUT2D eigenvalue weighted by atomic mass is 10.1. The summed E-state index contributed by atoms with van der Waals surface area (Å²) in [6, 6.07) is 9.86. The molecule has 1 fully saturated rings. The second-order valence-corrected chi connectivity index (χ2v) is 7.13. The Bertz CT molecular complexity index is 895. The maximum absolute atomic E-state index is 13.1. The third-order valence-electron chi connectivity index (χ3n) is 4.59. The van der Waals surface area contributed by atoms with E-state index in [9.17, 15) is 22.8 Å². The number of rotatable bonds is 3. The minimum absolute atomic E-state index is 0.131. The number of hydrogen-bond acceptors (Lipinski definition) is 3. The Kier molecular flexibility index (Phi) is 6.32. The van der Waals surface area contributed by atoms with Gasteiger partial charge in [-0.15, -0.1) is 0 Å². The summed E-state index contributed by atoms with van der Waals surface area (Å²) in [6.45, 7) is 1.94. The predicted octanol–water partition coefficient (Wildman–Crippen LogP) is 4.93. The maximum atomic E-state index is 13.1. The van der Waals surface area contributed by atoms with Gasteiger partial charge >= 0.3 is 18.0 Å². The van der Waals surface area contributed by atoms with Crippen LogP contribution in [0.3, 0.4) is 0 Å². The Balaban J connectivity index is 1.65. The minimum atomic E-state index is -4.73. The molecule has 1 aliphatic heterocycles. The zero-order chi connectivity index (χ0) is 21.0. The van der Waals surface area contributed by atoms with Gasteiger partial charge in [0.2, 0.25) is 0 Å². The first-order valence-corrected chi connectivity index (χ1v) is 9.46. The highest BCUT2D eigenvalue weighted by Crippen LogP contribution is 2.36. The van der Waals surface area contributed by atoms with Gasteiger partial charge in [0.15, 0.2) is 0 Å². The van der Waals surface area contributed by atoms with Gasteiger partial charge in [0.1, 0.15) is 0 Å². The number of carbonyl (C=O) groups excluding carboxylic acids is 2. The third-order valence-corrected chi connectivity index (χ3v) is 4.82. The molecule has 0 saturated carbocycles. The minimum Gasteiger partial charge on any atom is -0.372 e. The van der Waals surface area contributed by atoms with Crippen LogP contribution in [0.5, 0.6) is 0 Å². The standard InChI is InChI=1S/C20H19ClF3N3O2/c21-13-4-9-17(16(12-13)20(22,23)24)26-19(29)18(28)25-14-5-7-15(8-6-14)27-10-2-1-3-11-27/h4-9,12H,1-3,10-11H2,(H,25,28)(H,26,29). The number of alkyl halides is 3. The van der Waals surface area contributed by atoms with Crippen molar-refractivity contribution in [3.63, 3.8) is 0 Å². The van der Waals surface area contributed by atoms with Crippen LogP contribution in [0.4, 0.5) is 30.2 Å². The molecule has 2 N–H and O–H groups in total. The largest absolute Gasteiger partial charge is 0.418 e. The zero-order valence-corrected chi connectivity index (χ0v) is 16.1. The van der Waals surface area contributed by atoms with Gasteiger partial charge in [-0.25, -0.2) is 0 Å². The van der Waals surface area contributed by atoms with Gasteiger partial charge in [-0.2, -0.15) is 13.2 Å². The molecule has 2 aromatic carbocycles. The monoisotopic (exact) mass is 425 g/mol. The molecule has 0 bridgehead atoms. The second kappa shape index (κ2) is 8.73. The van der Waals surface area contributed by atoms with Crippen molar-refractivity contribution in [2.75, 3.05) is 28.6 Å². The lowest BCUT2D eigenvalue weighted by Gasteiger charge is -2.28. The summed E-state index contributed by atoms with van der Waals surface area (Å²) in [6.07, 6.45) is -1.26. The third kappa shape index (κ3) is 5.41. The average molecular weight is 426 g/mol. The van der Waals surface area contributed by atoms with E-state index in [0.29, 0.717) is 11.8 Å². The van der Waals surface area contributed by atoms with Crippen molar-refractivity contribution in [1.29, 1.82) is 0 Å². The summed E-state index contributed by atoms with van der Waals surface area (Å²) in [5.41, 5.74) is -0.277. The highest BCUT2D eigenvalue weighted by atomic mass is 35.5. The summed E-state index contributed by atoms with van der Waals surface area (Å²) in [5, 5.41) is 4.24. The number of nitrogens with one attached hydrogen (secondary N) is 2. The molecule has 0 spiro atoms. The maximum Gasteiger partial charge on any atom is 0.418 e. The fraction of sp³-hybridized carbons (Fsp3) is 0.300. The van der Waals surface area contributed by atoms with Gasteiger partial charge in [0, 0.05) is 29.5 Å². The summed E-state index contributed by atoms with van der Waals surface area (Å²) in [7, 11) is 0. The van der Waals surface area contributed by atoms with Crippen LogP contribution in [-0.4, -0.2) is 24.9 Å². The predicted molar refractivity (Wildman–Crippen MR) is 106 cm³/mol. The SMILES string of the molecule is O=C(Nc1ccc(N2CCCCC2)cc1)C(=O)Nc1ccc(Cl)cc1C(F)(F)F. The molecule has 29 heavy (non-hydrogen) atoms. The smallest absolute Gasteiger partial charge is 0.372 e. The van der Waals surface area contributed by atoms with Crippen LogP contribution < -0.4 is 15.5 Å². The molecule has 0 atom stereocenters. The van der Waals surface area contributed by atoms with Crippen LogP contribution in [0.15, 0.2) is 42.5 Å². The number of halogens is 4. The van der Waals surface area contributed by atoms with Crippen LogP contribution in [0, 0.1) is 0 Å². The number of nitrogens with zero attached hydrogens (tertiary/aromatic N) is 1. The van der Waals surface area contributed by atoms with Crippen LogP contribution in [0.25, 0.3) is 0 Å². The Morgan fingerprint density at radius 1 is 0.897 bits per heavy atom. The normalized spacial score (nSPS) is 14.4. The molecule has 5 nitrogen and oxygen atoms in total. The van der Waals surface area contributed by atoms with Crippen molar-refractivity contribution in [2.24, 2.45) is 0 Å².